The zero-order chi connectivity index (χ0) is 11.3. The average molecular weight is 202 g/mol. The van der Waals surface area contributed by atoms with Gasteiger partial charge >= 0.3 is 0 Å². The lowest BCUT2D eigenvalue weighted by Gasteiger charge is -2.11. The fourth-order valence-corrected chi connectivity index (χ4v) is 1.51. The Hall–Kier alpha value is -1.70. The third-order valence-corrected chi connectivity index (χ3v) is 2.36. The molecule has 15 heavy (non-hydrogen) atoms. The second kappa shape index (κ2) is 5.25. The van der Waals surface area contributed by atoms with E-state index in [1.807, 2.05) is 14.0 Å². The molecule has 0 atom stereocenters. The van der Waals surface area contributed by atoms with E-state index in [4.69, 9.17) is 0 Å². The molecular formula is C13H18N2. The number of hydrogen-bond donors (Lipinski definition) is 2. The summed E-state index contributed by atoms with van der Waals surface area (Å²) < 4.78 is 0. The van der Waals surface area contributed by atoms with Crippen LogP contribution in [-0.2, 0) is 0 Å². The van der Waals surface area contributed by atoms with E-state index in [9.17, 15) is 0 Å². The summed E-state index contributed by atoms with van der Waals surface area (Å²) in [4.78, 5) is 0. The standard InChI is InChI=1S/C13H18N2/c1-5-12(14-4)11-8-7-10(3)13(9-11)15-6-2/h5-9,14-15H,2H2,1,3-4H3/b12-5+. The molecule has 0 amide bonds. The molecule has 0 aromatic heterocycles. The monoisotopic (exact) mass is 202 g/mol. The van der Waals surface area contributed by atoms with Crippen molar-refractivity contribution in [2.75, 3.05) is 12.4 Å². The number of allylic oxidation sites excluding steroid dienone is 1. The molecule has 0 saturated carbocycles. The van der Waals surface area contributed by atoms with E-state index in [0.29, 0.717) is 0 Å². The lowest BCUT2D eigenvalue weighted by atomic mass is 10.1. The predicted molar refractivity (Wildman–Crippen MR) is 67.7 cm³/mol. The molecule has 0 aliphatic rings. The van der Waals surface area contributed by atoms with Crippen molar-refractivity contribution in [3.05, 3.63) is 48.2 Å². The Bertz CT molecular complexity index is 378. The van der Waals surface area contributed by atoms with Crippen LogP contribution in [0, 0.1) is 6.92 Å². The maximum Gasteiger partial charge on any atom is 0.0416 e. The van der Waals surface area contributed by atoms with Gasteiger partial charge in [0, 0.05) is 18.4 Å². The van der Waals surface area contributed by atoms with Gasteiger partial charge in [0.1, 0.15) is 0 Å². The van der Waals surface area contributed by atoms with Crippen molar-refractivity contribution in [2.24, 2.45) is 0 Å². The Morgan fingerprint density at radius 2 is 2.13 bits per heavy atom. The summed E-state index contributed by atoms with van der Waals surface area (Å²) in [6.45, 7) is 7.76. The summed E-state index contributed by atoms with van der Waals surface area (Å²) in [6.07, 6.45) is 3.75. The predicted octanol–water partition coefficient (Wildman–Crippen LogP) is 3.13. The van der Waals surface area contributed by atoms with Crippen LogP contribution < -0.4 is 10.6 Å². The first-order valence-electron chi connectivity index (χ1n) is 5.05. The largest absolute Gasteiger partial charge is 0.388 e. The van der Waals surface area contributed by atoms with Crippen molar-refractivity contribution < 1.29 is 0 Å². The Morgan fingerprint density at radius 3 is 2.67 bits per heavy atom. The third-order valence-electron chi connectivity index (χ3n) is 2.36. The molecule has 1 aromatic rings. The maximum absolute atomic E-state index is 3.67. The van der Waals surface area contributed by atoms with Gasteiger partial charge in [-0.05, 0) is 37.2 Å². The van der Waals surface area contributed by atoms with Gasteiger partial charge in [-0.1, -0.05) is 24.8 Å². The SMILES string of the molecule is C=CNc1cc(/C(=C\C)NC)ccc1C. The van der Waals surface area contributed by atoms with Gasteiger partial charge in [-0.25, -0.2) is 0 Å². The number of nitrogens with one attached hydrogen (secondary N) is 2. The van der Waals surface area contributed by atoms with Gasteiger partial charge in [0.05, 0.1) is 0 Å². The third kappa shape index (κ3) is 2.62. The van der Waals surface area contributed by atoms with Crippen molar-refractivity contribution >= 4 is 11.4 Å². The van der Waals surface area contributed by atoms with E-state index >= 15 is 0 Å². The lowest BCUT2D eigenvalue weighted by Crippen LogP contribution is -2.04. The highest BCUT2D eigenvalue weighted by atomic mass is 14.8. The van der Waals surface area contributed by atoms with E-state index < -0.39 is 0 Å². The summed E-state index contributed by atoms with van der Waals surface area (Å²) in [5, 5.41) is 6.29. The molecular weight excluding hydrogens is 184 g/mol. The van der Waals surface area contributed by atoms with Crippen LogP contribution in [-0.4, -0.2) is 7.05 Å². The molecule has 0 radical (unpaired) electrons. The van der Waals surface area contributed by atoms with Crippen molar-refractivity contribution in [1.82, 2.24) is 5.32 Å². The number of anilines is 1. The van der Waals surface area contributed by atoms with Crippen LogP contribution >= 0.6 is 0 Å². The summed E-state index contributed by atoms with van der Waals surface area (Å²) in [5.74, 6) is 0. The molecule has 0 fully saturated rings. The van der Waals surface area contributed by atoms with Crippen LogP contribution in [0.4, 0.5) is 5.69 Å². The number of rotatable bonds is 4. The quantitative estimate of drug-likeness (QED) is 0.783. The molecule has 0 aliphatic carbocycles. The molecule has 0 aliphatic heterocycles. The fraction of sp³-hybridized carbons (Fsp3) is 0.231. The number of hydrogen-bond acceptors (Lipinski definition) is 2. The van der Waals surface area contributed by atoms with Gasteiger partial charge < -0.3 is 10.6 Å². The van der Waals surface area contributed by atoms with Crippen molar-refractivity contribution in [3.63, 3.8) is 0 Å². The first-order valence-corrected chi connectivity index (χ1v) is 5.05. The molecule has 1 rings (SSSR count). The van der Waals surface area contributed by atoms with Crippen molar-refractivity contribution in [3.8, 4) is 0 Å². The summed E-state index contributed by atoms with van der Waals surface area (Å²) in [5.41, 5.74) is 4.61. The zero-order valence-corrected chi connectivity index (χ0v) is 9.59. The van der Waals surface area contributed by atoms with Gasteiger partial charge in [-0.3, -0.25) is 0 Å². The Balaban J connectivity index is 3.11. The second-order valence-corrected chi connectivity index (χ2v) is 3.33. The van der Waals surface area contributed by atoms with Crippen molar-refractivity contribution in [1.29, 1.82) is 0 Å². The van der Waals surface area contributed by atoms with Gasteiger partial charge in [-0.15, -0.1) is 0 Å². The van der Waals surface area contributed by atoms with Crippen LogP contribution in [0.5, 0.6) is 0 Å². The van der Waals surface area contributed by atoms with Crippen LogP contribution in [0.25, 0.3) is 5.70 Å². The molecule has 0 heterocycles. The maximum atomic E-state index is 3.67. The highest BCUT2D eigenvalue weighted by Crippen LogP contribution is 2.20. The van der Waals surface area contributed by atoms with E-state index in [-0.39, 0.29) is 0 Å². The summed E-state index contributed by atoms with van der Waals surface area (Å²) in [6, 6.07) is 6.32. The van der Waals surface area contributed by atoms with Gasteiger partial charge in [-0.2, -0.15) is 0 Å². The normalized spacial score (nSPS) is 11.0. The van der Waals surface area contributed by atoms with Gasteiger partial charge in [0.25, 0.3) is 0 Å². The Morgan fingerprint density at radius 1 is 1.40 bits per heavy atom. The number of aryl methyl sites for hydroxylation is 1. The molecule has 0 bridgehead atoms. The van der Waals surface area contributed by atoms with Gasteiger partial charge in [0.2, 0.25) is 0 Å². The Labute approximate surface area is 91.7 Å². The van der Waals surface area contributed by atoms with Crippen molar-refractivity contribution in [2.45, 2.75) is 13.8 Å². The molecule has 0 unspecified atom stereocenters. The van der Waals surface area contributed by atoms with Crippen LogP contribution in [0.3, 0.4) is 0 Å². The molecule has 2 N–H and O–H groups in total. The minimum Gasteiger partial charge on any atom is -0.388 e. The molecule has 2 heteroatoms. The highest BCUT2D eigenvalue weighted by Gasteiger charge is 2.01. The molecule has 80 valence electrons. The van der Waals surface area contributed by atoms with Gasteiger partial charge in [0.15, 0.2) is 0 Å². The van der Waals surface area contributed by atoms with Crippen LogP contribution in [0.2, 0.25) is 0 Å². The highest BCUT2D eigenvalue weighted by molar-refractivity contribution is 5.69. The zero-order valence-electron chi connectivity index (χ0n) is 9.59. The number of benzene rings is 1. The van der Waals surface area contributed by atoms with Crippen LogP contribution in [0.1, 0.15) is 18.1 Å². The van der Waals surface area contributed by atoms with E-state index in [1.165, 1.54) is 11.1 Å². The van der Waals surface area contributed by atoms with E-state index in [0.717, 1.165) is 11.4 Å². The molecule has 0 saturated heterocycles. The molecule has 0 spiro atoms. The van der Waals surface area contributed by atoms with Crippen LogP contribution in [0.15, 0.2) is 37.1 Å². The second-order valence-electron chi connectivity index (χ2n) is 3.33. The van der Waals surface area contributed by atoms with E-state index in [1.54, 1.807) is 6.20 Å². The summed E-state index contributed by atoms with van der Waals surface area (Å²) in [7, 11) is 1.93. The lowest BCUT2D eigenvalue weighted by molar-refractivity contribution is 1.12. The minimum absolute atomic E-state index is 1.09. The Kier molecular flexibility index (Phi) is 3.98. The van der Waals surface area contributed by atoms with E-state index in [2.05, 4.69) is 48.4 Å². The first-order chi connectivity index (χ1) is 7.22. The smallest absolute Gasteiger partial charge is 0.0416 e. The molecule has 2 nitrogen and oxygen atoms in total. The summed E-state index contributed by atoms with van der Waals surface area (Å²) >= 11 is 0. The minimum atomic E-state index is 1.09. The fourth-order valence-electron chi connectivity index (χ4n) is 1.51. The molecule has 1 aromatic carbocycles. The average Bonchev–Trinajstić information content (AvgIpc) is 2.25. The topological polar surface area (TPSA) is 24.1 Å². The first kappa shape index (κ1) is 11.4.